The summed E-state index contributed by atoms with van der Waals surface area (Å²) in [6.45, 7) is 4.52. The quantitative estimate of drug-likeness (QED) is 0.711. The molecular formula is C10H14N4. The first-order valence-corrected chi connectivity index (χ1v) is 4.79. The predicted octanol–water partition coefficient (Wildman–Crippen LogP) is 0.439. The van der Waals surface area contributed by atoms with Crippen molar-refractivity contribution >= 4 is 5.96 Å². The Bertz CT molecular complexity index is 346. The highest BCUT2D eigenvalue weighted by atomic mass is 15.2. The number of rotatable bonds is 2. The van der Waals surface area contributed by atoms with E-state index in [9.17, 15) is 0 Å². The standard InChI is InChI=1S/C10H14N4/c1-8-3-2-4-9(14-8)7-13-10-11-5-6-12-10/h2-4H,5-7H2,1H3,(H2,11,12,13). The molecule has 0 amide bonds. The van der Waals surface area contributed by atoms with Crippen LogP contribution in [-0.2, 0) is 6.54 Å². The monoisotopic (exact) mass is 190 g/mol. The molecule has 0 radical (unpaired) electrons. The van der Waals surface area contributed by atoms with Crippen molar-refractivity contribution in [3.8, 4) is 0 Å². The van der Waals surface area contributed by atoms with E-state index in [-0.39, 0.29) is 0 Å². The van der Waals surface area contributed by atoms with E-state index in [1.807, 2.05) is 25.1 Å². The van der Waals surface area contributed by atoms with Crippen molar-refractivity contribution in [3.05, 3.63) is 29.6 Å². The molecule has 1 aliphatic rings. The van der Waals surface area contributed by atoms with Gasteiger partial charge < -0.3 is 10.6 Å². The third kappa shape index (κ3) is 2.22. The van der Waals surface area contributed by atoms with Gasteiger partial charge in [-0.25, -0.2) is 0 Å². The normalized spacial score (nSPS) is 14.8. The first kappa shape index (κ1) is 8.99. The van der Waals surface area contributed by atoms with Crippen molar-refractivity contribution in [2.45, 2.75) is 13.5 Å². The lowest BCUT2D eigenvalue weighted by molar-refractivity contribution is 0.835. The molecule has 2 rings (SSSR count). The Labute approximate surface area is 83.5 Å². The van der Waals surface area contributed by atoms with Crippen molar-refractivity contribution in [2.24, 2.45) is 4.99 Å². The fraction of sp³-hybridized carbons (Fsp3) is 0.400. The van der Waals surface area contributed by atoms with E-state index in [1.54, 1.807) is 0 Å². The smallest absolute Gasteiger partial charge is 0.191 e. The molecule has 14 heavy (non-hydrogen) atoms. The molecule has 1 aromatic heterocycles. The van der Waals surface area contributed by atoms with Gasteiger partial charge in [-0.05, 0) is 19.1 Å². The van der Waals surface area contributed by atoms with Crippen molar-refractivity contribution in [2.75, 3.05) is 13.1 Å². The lowest BCUT2D eigenvalue weighted by Gasteiger charge is -2.05. The molecule has 1 aromatic rings. The van der Waals surface area contributed by atoms with Crippen LogP contribution in [0.5, 0.6) is 0 Å². The summed E-state index contributed by atoms with van der Waals surface area (Å²) in [5.74, 6) is 0.883. The molecule has 0 unspecified atom stereocenters. The van der Waals surface area contributed by atoms with E-state index in [1.165, 1.54) is 0 Å². The van der Waals surface area contributed by atoms with E-state index >= 15 is 0 Å². The van der Waals surface area contributed by atoms with Crippen LogP contribution in [0.25, 0.3) is 0 Å². The lowest BCUT2D eigenvalue weighted by Crippen LogP contribution is -2.33. The Kier molecular flexibility index (Phi) is 2.62. The van der Waals surface area contributed by atoms with Gasteiger partial charge in [0.05, 0.1) is 18.8 Å². The van der Waals surface area contributed by atoms with Gasteiger partial charge in [0.25, 0.3) is 0 Å². The number of aryl methyl sites for hydroxylation is 1. The summed E-state index contributed by atoms with van der Waals surface area (Å²) in [5.41, 5.74) is 2.09. The van der Waals surface area contributed by atoms with Crippen LogP contribution >= 0.6 is 0 Å². The Hall–Kier alpha value is -1.58. The number of nitrogens with one attached hydrogen (secondary N) is 2. The zero-order valence-corrected chi connectivity index (χ0v) is 8.25. The molecule has 4 nitrogen and oxygen atoms in total. The summed E-state index contributed by atoms with van der Waals surface area (Å²) < 4.78 is 0. The van der Waals surface area contributed by atoms with Gasteiger partial charge in [-0.15, -0.1) is 0 Å². The third-order valence-electron chi connectivity index (χ3n) is 2.06. The second-order valence-electron chi connectivity index (χ2n) is 3.28. The predicted molar refractivity (Wildman–Crippen MR) is 56.1 cm³/mol. The zero-order chi connectivity index (χ0) is 9.80. The summed E-state index contributed by atoms with van der Waals surface area (Å²) in [5, 5.41) is 6.35. The average Bonchev–Trinajstić information content (AvgIpc) is 2.67. The molecule has 2 heterocycles. The highest BCUT2D eigenvalue weighted by Crippen LogP contribution is 1.97. The highest BCUT2D eigenvalue weighted by molar-refractivity contribution is 5.81. The molecule has 0 aromatic carbocycles. The van der Waals surface area contributed by atoms with Crippen LogP contribution in [0.4, 0.5) is 0 Å². The van der Waals surface area contributed by atoms with Crippen LogP contribution in [0, 0.1) is 6.92 Å². The summed E-state index contributed by atoms with van der Waals surface area (Å²) >= 11 is 0. The van der Waals surface area contributed by atoms with Crippen molar-refractivity contribution in [1.29, 1.82) is 0 Å². The number of nitrogens with zero attached hydrogens (tertiary/aromatic N) is 2. The Morgan fingerprint density at radius 3 is 3.14 bits per heavy atom. The van der Waals surface area contributed by atoms with Gasteiger partial charge in [0.15, 0.2) is 5.96 Å². The van der Waals surface area contributed by atoms with Gasteiger partial charge in [-0.3, -0.25) is 9.98 Å². The molecule has 4 heteroatoms. The van der Waals surface area contributed by atoms with E-state index in [0.717, 1.165) is 37.0 Å². The number of hydrogen-bond acceptors (Lipinski definition) is 4. The topological polar surface area (TPSA) is 49.3 Å². The van der Waals surface area contributed by atoms with Gasteiger partial charge in [-0.2, -0.15) is 0 Å². The lowest BCUT2D eigenvalue weighted by atomic mass is 10.3. The van der Waals surface area contributed by atoms with Crippen LogP contribution in [0.3, 0.4) is 0 Å². The average molecular weight is 190 g/mol. The molecule has 0 bridgehead atoms. The Balaban J connectivity index is 1.91. The van der Waals surface area contributed by atoms with Crippen LogP contribution < -0.4 is 10.6 Å². The Morgan fingerprint density at radius 1 is 1.50 bits per heavy atom. The van der Waals surface area contributed by atoms with Crippen LogP contribution in [0.1, 0.15) is 11.4 Å². The number of pyridine rings is 1. The minimum atomic E-state index is 0.730. The zero-order valence-electron chi connectivity index (χ0n) is 8.25. The van der Waals surface area contributed by atoms with Gasteiger partial charge >= 0.3 is 0 Å². The maximum absolute atomic E-state index is 4.39. The molecule has 0 fully saturated rings. The van der Waals surface area contributed by atoms with Crippen molar-refractivity contribution < 1.29 is 0 Å². The van der Waals surface area contributed by atoms with Crippen molar-refractivity contribution in [1.82, 2.24) is 15.6 Å². The van der Waals surface area contributed by atoms with E-state index < -0.39 is 0 Å². The molecule has 74 valence electrons. The van der Waals surface area contributed by atoms with E-state index in [4.69, 9.17) is 0 Å². The summed E-state index contributed by atoms with van der Waals surface area (Å²) in [6.07, 6.45) is 0. The largest absolute Gasteiger partial charge is 0.355 e. The molecular weight excluding hydrogens is 176 g/mol. The highest BCUT2D eigenvalue weighted by Gasteiger charge is 2.03. The fourth-order valence-electron chi connectivity index (χ4n) is 1.39. The SMILES string of the molecule is Cc1cccc(CNC2=NCCN2)n1. The van der Waals surface area contributed by atoms with Crippen molar-refractivity contribution in [3.63, 3.8) is 0 Å². The summed E-state index contributed by atoms with van der Waals surface area (Å²) in [6, 6.07) is 6.02. The van der Waals surface area contributed by atoms with Crippen LogP contribution in [-0.4, -0.2) is 24.0 Å². The molecule has 0 spiro atoms. The number of guanidine groups is 1. The maximum atomic E-state index is 4.39. The molecule has 0 aliphatic carbocycles. The molecule has 0 saturated carbocycles. The number of hydrogen-bond donors (Lipinski definition) is 2. The van der Waals surface area contributed by atoms with Gasteiger partial charge in [0.1, 0.15) is 0 Å². The van der Waals surface area contributed by atoms with Crippen LogP contribution in [0.2, 0.25) is 0 Å². The minimum Gasteiger partial charge on any atom is -0.355 e. The Morgan fingerprint density at radius 2 is 2.43 bits per heavy atom. The first-order chi connectivity index (χ1) is 6.84. The fourth-order valence-corrected chi connectivity index (χ4v) is 1.39. The molecule has 2 N–H and O–H groups in total. The molecule has 0 atom stereocenters. The molecule has 0 saturated heterocycles. The van der Waals surface area contributed by atoms with Gasteiger partial charge in [0.2, 0.25) is 0 Å². The van der Waals surface area contributed by atoms with Crippen LogP contribution in [0.15, 0.2) is 23.2 Å². The minimum absolute atomic E-state index is 0.730. The second kappa shape index (κ2) is 4.09. The van der Waals surface area contributed by atoms with Gasteiger partial charge in [0, 0.05) is 12.2 Å². The summed E-state index contributed by atoms with van der Waals surface area (Å²) in [7, 11) is 0. The van der Waals surface area contributed by atoms with E-state index in [2.05, 4.69) is 20.6 Å². The molecule has 1 aliphatic heterocycles. The second-order valence-corrected chi connectivity index (χ2v) is 3.28. The number of aromatic nitrogens is 1. The third-order valence-corrected chi connectivity index (χ3v) is 2.06. The van der Waals surface area contributed by atoms with Gasteiger partial charge in [-0.1, -0.05) is 6.07 Å². The summed E-state index contributed by atoms with van der Waals surface area (Å²) in [4.78, 5) is 8.63. The van der Waals surface area contributed by atoms with E-state index in [0.29, 0.717) is 0 Å². The first-order valence-electron chi connectivity index (χ1n) is 4.79. The number of aliphatic imine (C=N–C) groups is 1. The maximum Gasteiger partial charge on any atom is 0.191 e.